The molecule has 162 valence electrons. The van der Waals surface area contributed by atoms with E-state index in [1.54, 1.807) is 0 Å². The number of nitrogen functional groups attached to an aromatic ring is 1. The summed E-state index contributed by atoms with van der Waals surface area (Å²) >= 11 is 0. The number of hydrogen-bond donors (Lipinski definition) is 1. The summed E-state index contributed by atoms with van der Waals surface area (Å²) in [6.45, 7) is 11.1. The molecule has 1 saturated heterocycles. The molecule has 3 heterocycles. The van der Waals surface area contributed by atoms with E-state index < -0.39 is 0 Å². The fraction of sp³-hybridized carbons (Fsp3) is 0.545. The molecule has 8 heteroatoms. The van der Waals surface area contributed by atoms with Crippen LogP contribution in [0.3, 0.4) is 0 Å². The number of anilines is 1. The van der Waals surface area contributed by atoms with Gasteiger partial charge < -0.3 is 24.5 Å². The highest BCUT2D eigenvalue weighted by Gasteiger charge is 2.18. The maximum atomic E-state index is 6.26. The maximum absolute atomic E-state index is 6.26. The van der Waals surface area contributed by atoms with Crippen LogP contribution in [0.4, 0.5) is 5.82 Å². The summed E-state index contributed by atoms with van der Waals surface area (Å²) in [5.74, 6) is 2.17. The van der Waals surface area contributed by atoms with Crippen molar-refractivity contribution >= 4 is 27.8 Å². The molecule has 0 atom stereocenters. The van der Waals surface area contributed by atoms with Crippen LogP contribution in [0.15, 0.2) is 18.2 Å². The van der Waals surface area contributed by atoms with Crippen molar-refractivity contribution in [3.63, 3.8) is 0 Å². The first kappa shape index (κ1) is 20.8. The van der Waals surface area contributed by atoms with Crippen LogP contribution in [0.25, 0.3) is 21.9 Å². The van der Waals surface area contributed by atoms with Gasteiger partial charge >= 0.3 is 0 Å². The molecule has 1 fully saturated rings. The average molecular weight is 414 g/mol. The summed E-state index contributed by atoms with van der Waals surface area (Å²) in [6, 6.07) is 5.99. The van der Waals surface area contributed by atoms with Gasteiger partial charge in [0.15, 0.2) is 5.82 Å². The van der Waals surface area contributed by atoms with Gasteiger partial charge in [0.1, 0.15) is 30.3 Å². The van der Waals surface area contributed by atoms with Gasteiger partial charge in [0, 0.05) is 38.2 Å². The Hall–Kier alpha value is -2.42. The average Bonchev–Trinajstić information content (AvgIpc) is 3.13. The zero-order valence-corrected chi connectivity index (χ0v) is 17.9. The van der Waals surface area contributed by atoms with E-state index in [2.05, 4.69) is 27.4 Å². The second kappa shape index (κ2) is 9.59. The molecule has 0 saturated carbocycles. The maximum Gasteiger partial charge on any atom is 0.152 e. The Morgan fingerprint density at radius 3 is 2.73 bits per heavy atom. The van der Waals surface area contributed by atoms with Gasteiger partial charge in [-0.2, -0.15) is 0 Å². The minimum atomic E-state index is 0.450. The van der Waals surface area contributed by atoms with E-state index >= 15 is 0 Å². The molecule has 0 aliphatic carbocycles. The lowest BCUT2D eigenvalue weighted by Crippen LogP contribution is -2.38. The van der Waals surface area contributed by atoms with Crippen LogP contribution in [0.2, 0.25) is 0 Å². The monoisotopic (exact) mass is 413 g/mol. The summed E-state index contributed by atoms with van der Waals surface area (Å²) in [5, 5.41) is 1.01. The molecule has 0 bridgehead atoms. The predicted octanol–water partition coefficient (Wildman–Crippen LogP) is 2.82. The van der Waals surface area contributed by atoms with Crippen LogP contribution in [-0.2, 0) is 22.6 Å². The van der Waals surface area contributed by atoms with E-state index in [1.807, 2.05) is 19.1 Å². The standard InChI is InChI=1S/C22H31N5O3/c1-3-7-27-19(15-28-4-2)25-20-21(27)17-14-16(5-6-18(17)24-22(20)23)30-13-10-26-8-11-29-12-9-26/h5-6,14H,3-4,7-13,15H2,1-2H3,(H2,23,24). The van der Waals surface area contributed by atoms with Gasteiger partial charge in [0.25, 0.3) is 0 Å². The third kappa shape index (κ3) is 4.35. The summed E-state index contributed by atoms with van der Waals surface area (Å²) in [6.07, 6.45) is 0.990. The van der Waals surface area contributed by atoms with Crippen LogP contribution in [0.1, 0.15) is 26.1 Å². The molecule has 0 radical (unpaired) electrons. The lowest BCUT2D eigenvalue weighted by atomic mass is 10.1. The quantitative estimate of drug-likeness (QED) is 0.577. The van der Waals surface area contributed by atoms with Gasteiger partial charge in [-0.05, 0) is 31.5 Å². The Kier molecular flexibility index (Phi) is 6.66. The molecule has 3 aromatic rings. The number of fused-ring (bicyclic) bond motifs is 3. The van der Waals surface area contributed by atoms with E-state index in [0.29, 0.717) is 25.6 Å². The lowest BCUT2D eigenvalue weighted by Gasteiger charge is -2.26. The molecular weight excluding hydrogens is 382 g/mol. The summed E-state index contributed by atoms with van der Waals surface area (Å²) in [5.41, 5.74) is 8.84. The van der Waals surface area contributed by atoms with Crippen molar-refractivity contribution in [3.05, 3.63) is 24.0 Å². The normalized spacial score (nSPS) is 15.3. The Labute approximate surface area is 176 Å². The van der Waals surface area contributed by atoms with Crippen LogP contribution < -0.4 is 10.5 Å². The highest BCUT2D eigenvalue weighted by Crippen LogP contribution is 2.31. The van der Waals surface area contributed by atoms with Crippen LogP contribution in [-0.4, -0.2) is 65.5 Å². The highest BCUT2D eigenvalue weighted by atomic mass is 16.5. The van der Waals surface area contributed by atoms with Crippen molar-refractivity contribution in [2.75, 3.05) is 51.8 Å². The number of benzene rings is 1. The molecule has 0 unspecified atom stereocenters. The second-order valence-corrected chi connectivity index (χ2v) is 7.49. The predicted molar refractivity (Wildman–Crippen MR) is 118 cm³/mol. The van der Waals surface area contributed by atoms with Gasteiger partial charge in [0.05, 0.1) is 24.2 Å². The van der Waals surface area contributed by atoms with Crippen LogP contribution in [0, 0.1) is 0 Å². The fourth-order valence-corrected chi connectivity index (χ4v) is 3.91. The number of rotatable bonds is 9. The van der Waals surface area contributed by atoms with Crippen LogP contribution in [0.5, 0.6) is 5.75 Å². The Bertz CT molecular complexity index is 998. The zero-order valence-electron chi connectivity index (χ0n) is 17.9. The third-order valence-electron chi connectivity index (χ3n) is 5.42. The van der Waals surface area contributed by atoms with Crippen molar-refractivity contribution < 1.29 is 14.2 Å². The molecular formula is C22H31N5O3. The number of aromatic nitrogens is 3. The van der Waals surface area contributed by atoms with Crippen molar-refractivity contribution in [2.45, 2.75) is 33.4 Å². The van der Waals surface area contributed by atoms with E-state index in [1.165, 1.54) is 0 Å². The van der Waals surface area contributed by atoms with Crippen LogP contribution >= 0.6 is 0 Å². The number of imidazole rings is 1. The van der Waals surface area contributed by atoms with Crippen molar-refractivity contribution in [3.8, 4) is 5.75 Å². The highest BCUT2D eigenvalue weighted by molar-refractivity contribution is 6.07. The second-order valence-electron chi connectivity index (χ2n) is 7.49. The van der Waals surface area contributed by atoms with Gasteiger partial charge in [0.2, 0.25) is 0 Å². The topological polar surface area (TPSA) is 87.7 Å². The van der Waals surface area contributed by atoms with E-state index in [0.717, 1.165) is 79.3 Å². The number of hydrogen-bond acceptors (Lipinski definition) is 7. The number of nitrogens with zero attached hydrogens (tertiary/aromatic N) is 4. The largest absolute Gasteiger partial charge is 0.492 e. The van der Waals surface area contributed by atoms with Crippen molar-refractivity contribution in [1.29, 1.82) is 0 Å². The van der Waals surface area contributed by atoms with E-state index in [-0.39, 0.29) is 0 Å². The number of ether oxygens (including phenoxy) is 3. The first-order chi connectivity index (χ1) is 14.7. The summed E-state index contributed by atoms with van der Waals surface area (Å²) < 4.78 is 19.3. The summed E-state index contributed by atoms with van der Waals surface area (Å²) in [7, 11) is 0. The molecule has 1 aliphatic heterocycles. The molecule has 0 amide bonds. The molecule has 2 aromatic heterocycles. The Morgan fingerprint density at radius 1 is 1.13 bits per heavy atom. The van der Waals surface area contributed by atoms with Gasteiger partial charge in [-0.1, -0.05) is 6.92 Å². The SMILES string of the molecule is CCCn1c(COCC)nc2c(N)nc3ccc(OCCN4CCOCC4)cc3c21. The smallest absolute Gasteiger partial charge is 0.152 e. The lowest BCUT2D eigenvalue weighted by molar-refractivity contribution is 0.0322. The summed E-state index contributed by atoms with van der Waals surface area (Å²) in [4.78, 5) is 11.7. The van der Waals surface area contributed by atoms with Crippen molar-refractivity contribution in [2.24, 2.45) is 0 Å². The molecule has 2 N–H and O–H groups in total. The minimum absolute atomic E-state index is 0.450. The molecule has 1 aromatic carbocycles. The first-order valence-corrected chi connectivity index (χ1v) is 10.8. The number of pyridine rings is 1. The molecule has 1 aliphatic rings. The number of nitrogens with two attached hydrogens (primary N) is 1. The van der Waals surface area contributed by atoms with Gasteiger partial charge in [-0.15, -0.1) is 0 Å². The fourth-order valence-electron chi connectivity index (χ4n) is 3.91. The van der Waals surface area contributed by atoms with Gasteiger partial charge in [-0.25, -0.2) is 9.97 Å². The molecule has 30 heavy (non-hydrogen) atoms. The Balaban J connectivity index is 1.65. The minimum Gasteiger partial charge on any atom is -0.492 e. The van der Waals surface area contributed by atoms with E-state index in [4.69, 9.17) is 24.9 Å². The Morgan fingerprint density at radius 2 is 1.97 bits per heavy atom. The number of morpholine rings is 1. The first-order valence-electron chi connectivity index (χ1n) is 10.8. The third-order valence-corrected chi connectivity index (χ3v) is 5.42. The zero-order chi connectivity index (χ0) is 20.9. The molecule has 0 spiro atoms. The van der Waals surface area contributed by atoms with Crippen molar-refractivity contribution in [1.82, 2.24) is 19.4 Å². The number of aryl methyl sites for hydroxylation is 1. The molecule has 8 nitrogen and oxygen atoms in total. The van der Waals surface area contributed by atoms with Gasteiger partial charge in [-0.3, -0.25) is 4.90 Å². The van der Waals surface area contributed by atoms with E-state index in [9.17, 15) is 0 Å². The molecule has 4 rings (SSSR count).